The van der Waals surface area contributed by atoms with Crippen molar-refractivity contribution < 1.29 is 14.3 Å². The monoisotopic (exact) mass is 390 g/mol. The first-order chi connectivity index (χ1) is 12.6. The van der Waals surface area contributed by atoms with Crippen molar-refractivity contribution in [3.63, 3.8) is 0 Å². The van der Waals surface area contributed by atoms with Crippen LogP contribution in [-0.4, -0.2) is 42.5 Å². The maximum absolute atomic E-state index is 13.0. The number of carbonyl (C=O) groups is 2. The molecule has 1 aromatic heterocycles. The van der Waals surface area contributed by atoms with Gasteiger partial charge in [0.2, 0.25) is 0 Å². The lowest BCUT2D eigenvalue weighted by Crippen LogP contribution is -2.47. The van der Waals surface area contributed by atoms with Crippen LogP contribution in [0.25, 0.3) is 0 Å². The van der Waals surface area contributed by atoms with E-state index in [1.807, 2.05) is 22.4 Å². The molecule has 2 heterocycles. The van der Waals surface area contributed by atoms with Crippen LogP contribution in [0, 0.1) is 5.92 Å². The molecule has 2 amide bonds. The molecule has 2 fully saturated rings. The Morgan fingerprint density at radius 1 is 1.31 bits per heavy atom. The number of piperidine rings is 1. The maximum atomic E-state index is 13.0. The number of nitrogens with one attached hydrogen (secondary N) is 1. The molecule has 4 rings (SSSR count). The Morgan fingerprint density at radius 3 is 2.81 bits per heavy atom. The lowest BCUT2D eigenvalue weighted by molar-refractivity contribution is 0.0677. The van der Waals surface area contributed by atoms with E-state index in [0.29, 0.717) is 22.9 Å². The quantitative estimate of drug-likeness (QED) is 0.869. The van der Waals surface area contributed by atoms with Gasteiger partial charge in [-0.15, -0.1) is 11.3 Å². The van der Waals surface area contributed by atoms with Gasteiger partial charge in [0.05, 0.1) is 17.6 Å². The van der Waals surface area contributed by atoms with Gasteiger partial charge >= 0.3 is 0 Å². The van der Waals surface area contributed by atoms with Gasteiger partial charge in [0.15, 0.2) is 0 Å². The van der Waals surface area contributed by atoms with Crippen LogP contribution in [0.5, 0.6) is 5.75 Å². The van der Waals surface area contributed by atoms with E-state index >= 15 is 0 Å². The number of benzene rings is 1. The van der Waals surface area contributed by atoms with Crippen molar-refractivity contribution >= 4 is 34.8 Å². The highest BCUT2D eigenvalue weighted by atomic mass is 35.5. The molecule has 26 heavy (non-hydrogen) atoms. The molecule has 1 aliphatic heterocycles. The second-order valence-electron chi connectivity index (χ2n) is 6.74. The van der Waals surface area contributed by atoms with Crippen LogP contribution >= 0.6 is 22.9 Å². The van der Waals surface area contributed by atoms with Crippen LogP contribution in [0.3, 0.4) is 0 Å². The highest BCUT2D eigenvalue weighted by molar-refractivity contribution is 7.12. The fourth-order valence-electron chi connectivity index (χ4n) is 4.03. The normalized spacial score (nSPS) is 23.9. The third-order valence-corrected chi connectivity index (χ3v) is 6.36. The fourth-order valence-corrected chi connectivity index (χ4v) is 4.83. The maximum Gasteiger partial charge on any atom is 0.261 e. The van der Waals surface area contributed by atoms with Crippen LogP contribution < -0.4 is 10.1 Å². The highest BCUT2D eigenvalue weighted by Gasteiger charge is 2.47. The van der Waals surface area contributed by atoms with Gasteiger partial charge in [-0.1, -0.05) is 17.7 Å². The van der Waals surface area contributed by atoms with Gasteiger partial charge in [-0.25, -0.2) is 0 Å². The van der Waals surface area contributed by atoms with Crippen molar-refractivity contribution in [2.45, 2.75) is 24.9 Å². The molecule has 0 spiro atoms. The van der Waals surface area contributed by atoms with Crippen molar-refractivity contribution in [2.75, 3.05) is 13.7 Å². The van der Waals surface area contributed by atoms with Gasteiger partial charge in [0.1, 0.15) is 5.75 Å². The number of halogens is 1. The van der Waals surface area contributed by atoms with E-state index in [1.54, 1.807) is 25.3 Å². The number of methoxy groups -OCH3 is 1. The first-order valence-corrected chi connectivity index (χ1v) is 9.81. The summed E-state index contributed by atoms with van der Waals surface area (Å²) in [4.78, 5) is 27.9. The summed E-state index contributed by atoms with van der Waals surface area (Å²) in [5.74, 6) is 0.745. The number of likely N-dealkylation sites (tertiary alicyclic amines) is 1. The summed E-state index contributed by atoms with van der Waals surface area (Å²) in [6.07, 6.45) is 1.71. The summed E-state index contributed by atoms with van der Waals surface area (Å²) in [7, 11) is 1.55. The molecular weight excluding hydrogens is 372 g/mol. The number of fused-ring (bicyclic) bond motifs is 2. The summed E-state index contributed by atoms with van der Waals surface area (Å²) < 4.78 is 5.31. The molecule has 2 aliphatic rings. The number of rotatable bonds is 4. The van der Waals surface area contributed by atoms with E-state index in [4.69, 9.17) is 16.3 Å². The molecule has 3 atom stereocenters. The molecule has 5 nitrogen and oxygen atoms in total. The number of hydrogen-bond donors (Lipinski definition) is 1. The Kier molecular flexibility index (Phi) is 4.63. The second-order valence-corrected chi connectivity index (χ2v) is 8.13. The zero-order valence-electron chi connectivity index (χ0n) is 14.3. The van der Waals surface area contributed by atoms with Gasteiger partial charge < -0.3 is 15.0 Å². The average Bonchev–Trinajstić information content (AvgIpc) is 3.37. The SMILES string of the molecule is COc1ccc(Cl)cc1C(=O)N1C[C@@H]2C[C@H]1C[C@@H]2NC(=O)c1cccs1. The number of nitrogens with zero attached hydrogens (tertiary/aromatic N) is 1. The van der Waals surface area contributed by atoms with Crippen LogP contribution in [0.1, 0.15) is 32.9 Å². The van der Waals surface area contributed by atoms with Gasteiger partial charge in [-0.05, 0) is 48.4 Å². The first-order valence-electron chi connectivity index (χ1n) is 8.55. The van der Waals surface area contributed by atoms with E-state index in [2.05, 4.69) is 5.32 Å². The summed E-state index contributed by atoms with van der Waals surface area (Å²) in [6, 6.07) is 9.06. The molecule has 1 saturated carbocycles. The lowest BCUT2D eigenvalue weighted by atomic mass is 10.0. The molecule has 2 bridgehead atoms. The number of hydrogen-bond acceptors (Lipinski definition) is 4. The van der Waals surface area contributed by atoms with Crippen LogP contribution in [0.2, 0.25) is 5.02 Å². The number of thiophene rings is 1. The average molecular weight is 391 g/mol. The molecule has 1 aromatic carbocycles. The van der Waals surface area contributed by atoms with E-state index < -0.39 is 0 Å². The second kappa shape index (κ2) is 6.93. The molecule has 0 unspecified atom stereocenters. The predicted octanol–water partition coefficient (Wildman–Crippen LogP) is 3.44. The van der Waals surface area contributed by atoms with E-state index in [9.17, 15) is 9.59 Å². The summed E-state index contributed by atoms with van der Waals surface area (Å²) in [6.45, 7) is 0.647. The Hall–Kier alpha value is -2.05. The molecule has 1 N–H and O–H groups in total. The third-order valence-electron chi connectivity index (χ3n) is 5.26. The molecule has 7 heteroatoms. The summed E-state index contributed by atoms with van der Waals surface area (Å²) in [5.41, 5.74) is 0.492. The smallest absolute Gasteiger partial charge is 0.261 e. The third kappa shape index (κ3) is 3.08. The number of carbonyl (C=O) groups excluding carboxylic acids is 2. The Bertz CT molecular complexity index is 839. The van der Waals surface area contributed by atoms with Crippen molar-refractivity contribution in [3.05, 3.63) is 51.2 Å². The molecule has 1 saturated heterocycles. The predicted molar refractivity (Wildman–Crippen MR) is 101 cm³/mol. The summed E-state index contributed by atoms with van der Waals surface area (Å²) in [5, 5.41) is 5.54. The van der Waals surface area contributed by atoms with Crippen molar-refractivity contribution in [1.29, 1.82) is 0 Å². The molecular formula is C19H19ClN2O3S. The van der Waals surface area contributed by atoms with Crippen LogP contribution in [0.4, 0.5) is 0 Å². The minimum absolute atomic E-state index is 0.0214. The van der Waals surface area contributed by atoms with Crippen molar-refractivity contribution in [1.82, 2.24) is 10.2 Å². The molecule has 2 aromatic rings. The topological polar surface area (TPSA) is 58.6 Å². The zero-order chi connectivity index (χ0) is 18.3. The zero-order valence-corrected chi connectivity index (χ0v) is 15.8. The van der Waals surface area contributed by atoms with Gasteiger partial charge in [0.25, 0.3) is 11.8 Å². The van der Waals surface area contributed by atoms with E-state index in [0.717, 1.165) is 17.7 Å². The van der Waals surface area contributed by atoms with Gasteiger partial charge in [-0.2, -0.15) is 0 Å². The minimum atomic E-state index is -0.0557. The first kappa shape index (κ1) is 17.4. The Morgan fingerprint density at radius 2 is 2.15 bits per heavy atom. The Labute approximate surface area is 160 Å². The minimum Gasteiger partial charge on any atom is -0.496 e. The van der Waals surface area contributed by atoms with Crippen LogP contribution in [-0.2, 0) is 0 Å². The lowest BCUT2D eigenvalue weighted by Gasteiger charge is -2.32. The van der Waals surface area contributed by atoms with E-state index in [1.165, 1.54) is 11.3 Å². The highest BCUT2D eigenvalue weighted by Crippen LogP contribution is 2.39. The number of amides is 2. The largest absolute Gasteiger partial charge is 0.496 e. The molecule has 0 radical (unpaired) electrons. The van der Waals surface area contributed by atoms with Crippen LogP contribution in [0.15, 0.2) is 35.7 Å². The van der Waals surface area contributed by atoms with Gasteiger partial charge in [0, 0.05) is 23.7 Å². The fraction of sp³-hybridized carbons (Fsp3) is 0.368. The number of ether oxygens (including phenoxy) is 1. The van der Waals surface area contributed by atoms with E-state index in [-0.39, 0.29) is 29.8 Å². The molecule has 136 valence electrons. The molecule has 1 aliphatic carbocycles. The van der Waals surface area contributed by atoms with Gasteiger partial charge in [-0.3, -0.25) is 9.59 Å². The Balaban J connectivity index is 1.44. The standard InChI is InChI=1S/C19H19ClN2O3S/c1-25-16-5-4-12(20)8-14(16)19(24)22-10-11-7-13(22)9-15(11)21-18(23)17-3-2-6-26-17/h2-6,8,11,13,15H,7,9-10H2,1H3,(H,21,23)/t11-,13-,15-/m0/s1. The summed E-state index contributed by atoms with van der Waals surface area (Å²) >= 11 is 7.50. The van der Waals surface area contributed by atoms with Crippen molar-refractivity contribution in [2.24, 2.45) is 5.92 Å². The van der Waals surface area contributed by atoms with Crippen molar-refractivity contribution in [3.8, 4) is 5.75 Å².